The molecule has 10 heteroatoms. The molecule has 0 aliphatic carbocycles. The number of hydrogen-bond donors (Lipinski definition) is 3. The molecule has 1 aliphatic heterocycles. The third-order valence-corrected chi connectivity index (χ3v) is 5.84. The lowest BCUT2D eigenvalue weighted by atomic mass is 10.0. The molecule has 3 N–H and O–H groups in total. The van der Waals surface area contributed by atoms with Crippen molar-refractivity contribution in [2.75, 3.05) is 36.5 Å². The zero-order valence-electron chi connectivity index (χ0n) is 18.4. The predicted molar refractivity (Wildman–Crippen MR) is 124 cm³/mol. The van der Waals surface area contributed by atoms with Gasteiger partial charge in [0.25, 0.3) is 0 Å². The molecular formula is C22H27N9O. The van der Waals surface area contributed by atoms with Crippen molar-refractivity contribution in [3.63, 3.8) is 0 Å². The second kappa shape index (κ2) is 7.95. The van der Waals surface area contributed by atoms with Crippen LogP contribution in [0.5, 0.6) is 0 Å². The van der Waals surface area contributed by atoms with Crippen LogP contribution in [0.25, 0.3) is 21.9 Å². The summed E-state index contributed by atoms with van der Waals surface area (Å²) in [5.41, 5.74) is 1.69. The average Bonchev–Trinajstić information content (AvgIpc) is 3.12. The normalized spacial score (nSPS) is 17.1. The van der Waals surface area contributed by atoms with Gasteiger partial charge >= 0.3 is 0 Å². The molecule has 0 saturated carbocycles. The van der Waals surface area contributed by atoms with Crippen molar-refractivity contribution in [1.82, 2.24) is 35.0 Å². The molecule has 0 spiro atoms. The summed E-state index contributed by atoms with van der Waals surface area (Å²) in [6.07, 6.45) is 5.33. The zero-order valence-corrected chi connectivity index (χ0v) is 18.4. The van der Waals surface area contributed by atoms with E-state index in [0.29, 0.717) is 11.8 Å². The molecule has 1 aliphatic rings. The van der Waals surface area contributed by atoms with Gasteiger partial charge in [0.2, 0.25) is 5.95 Å². The third kappa shape index (κ3) is 3.71. The van der Waals surface area contributed by atoms with Gasteiger partial charge in [-0.2, -0.15) is 4.98 Å². The van der Waals surface area contributed by atoms with Crippen LogP contribution < -0.4 is 15.5 Å². The summed E-state index contributed by atoms with van der Waals surface area (Å²) in [4.78, 5) is 15.7. The summed E-state index contributed by atoms with van der Waals surface area (Å²) in [6, 6.07) is 5.65. The van der Waals surface area contributed by atoms with E-state index in [0.717, 1.165) is 47.4 Å². The first-order valence-corrected chi connectivity index (χ1v) is 10.8. The van der Waals surface area contributed by atoms with E-state index in [1.807, 2.05) is 29.7 Å². The molecule has 1 atom stereocenters. The van der Waals surface area contributed by atoms with Crippen LogP contribution in [-0.2, 0) is 0 Å². The number of aliphatic hydroxyl groups excluding tert-OH is 1. The fraction of sp³-hybridized carbons (Fsp3) is 0.409. The van der Waals surface area contributed by atoms with E-state index in [1.165, 1.54) is 0 Å². The number of piperazine rings is 1. The predicted octanol–water partition coefficient (Wildman–Crippen LogP) is 2.25. The number of rotatable bonds is 5. The van der Waals surface area contributed by atoms with E-state index in [9.17, 15) is 5.11 Å². The van der Waals surface area contributed by atoms with E-state index in [1.54, 1.807) is 18.6 Å². The maximum absolute atomic E-state index is 9.77. The monoisotopic (exact) mass is 433 g/mol. The van der Waals surface area contributed by atoms with E-state index in [4.69, 9.17) is 4.98 Å². The molecule has 1 fully saturated rings. The Kier molecular flexibility index (Phi) is 5.10. The standard InChI is InChI=1S/C22H27N9O/c1-14(12-32)31-17-11-23-7-6-15(17)16-10-24-21(27-20(16)31)26-18-4-5-19(29-28-18)30-9-8-25-22(2,3)13-30/h4-7,10-11,14,25,32H,8-9,12-13H2,1-3H3,(H,24,26,27,28)/t14-/m0/s1. The molecule has 5 rings (SSSR count). The molecule has 5 heterocycles. The molecule has 0 amide bonds. The largest absolute Gasteiger partial charge is 0.394 e. The molecule has 166 valence electrons. The molecule has 0 bridgehead atoms. The van der Waals surface area contributed by atoms with Crippen molar-refractivity contribution in [2.45, 2.75) is 32.4 Å². The van der Waals surface area contributed by atoms with Gasteiger partial charge in [-0.05, 0) is 39.0 Å². The van der Waals surface area contributed by atoms with Gasteiger partial charge in [-0.1, -0.05) is 0 Å². The van der Waals surface area contributed by atoms with E-state index >= 15 is 0 Å². The minimum Gasteiger partial charge on any atom is -0.394 e. The van der Waals surface area contributed by atoms with Crippen molar-refractivity contribution in [2.24, 2.45) is 0 Å². The number of nitrogens with one attached hydrogen (secondary N) is 2. The van der Waals surface area contributed by atoms with Gasteiger partial charge in [0.05, 0.1) is 24.4 Å². The first kappa shape index (κ1) is 20.5. The van der Waals surface area contributed by atoms with Crippen LogP contribution in [0.15, 0.2) is 36.8 Å². The number of pyridine rings is 1. The van der Waals surface area contributed by atoms with Crippen molar-refractivity contribution >= 4 is 39.5 Å². The fourth-order valence-corrected chi connectivity index (χ4v) is 4.27. The average molecular weight is 434 g/mol. The summed E-state index contributed by atoms with van der Waals surface area (Å²) in [5.74, 6) is 1.85. The molecule has 32 heavy (non-hydrogen) atoms. The third-order valence-electron chi connectivity index (χ3n) is 5.84. The Morgan fingerprint density at radius 3 is 2.81 bits per heavy atom. The minimum absolute atomic E-state index is 0.00367. The van der Waals surface area contributed by atoms with Crippen LogP contribution in [-0.4, -0.2) is 66.6 Å². The lowest BCUT2D eigenvalue weighted by Crippen LogP contribution is -2.57. The highest BCUT2D eigenvalue weighted by Gasteiger charge is 2.26. The molecule has 0 aromatic carbocycles. The lowest BCUT2D eigenvalue weighted by molar-refractivity contribution is 0.243. The van der Waals surface area contributed by atoms with Gasteiger partial charge in [0.1, 0.15) is 5.65 Å². The Bertz CT molecular complexity index is 1250. The maximum Gasteiger partial charge on any atom is 0.230 e. The van der Waals surface area contributed by atoms with Crippen molar-refractivity contribution in [3.8, 4) is 0 Å². The number of aliphatic hydroxyl groups is 1. The molecule has 4 aromatic rings. The smallest absolute Gasteiger partial charge is 0.230 e. The second-order valence-corrected chi connectivity index (χ2v) is 8.86. The van der Waals surface area contributed by atoms with Crippen LogP contribution in [0.1, 0.15) is 26.8 Å². The Morgan fingerprint density at radius 2 is 2.06 bits per heavy atom. The maximum atomic E-state index is 9.77. The molecular weight excluding hydrogens is 406 g/mol. The van der Waals surface area contributed by atoms with Gasteiger partial charge in [-0.15, -0.1) is 10.2 Å². The van der Waals surface area contributed by atoms with Gasteiger partial charge in [0, 0.05) is 48.3 Å². The SMILES string of the molecule is C[C@@H](CO)n1c2cnccc2c2cnc(Nc3ccc(N4CCNC(C)(C)C4)nn3)nc21. The number of aromatic nitrogens is 6. The summed E-state index contributed by atoms with van der Waals surface area (Å²) in [5, 5.41) is 27.1. The lowest BCUT2D eigenvalue weighted by Gasteiger charge is -2.39. The van der Waals surface area contributed by atoms with Gasteiger partial charge in [-0.3, -0.25) is 4.98 Å². The summed E-state index contributed by atoms with van der Waals surface area (Å²) in [6.45, 7) is 8.99. The molecule has 0 unspecified atom stereocenters. The zero-order chi connectivity index (χ0) is 22.3. The summed E-state index contributed by atoms with van der Waals surface area (Å²) in [7, 11) is 0. The number of hydrogen-bond acceptors (Lipinski definition) is 9. The van der Waals surface area contributed by atoms with Gasteiger partial charge in [0.15, 0.2) is 11.6 Å². The minimum atomic E-state index is -0.149. The van der Waals surface area contributed by atoms with Crippen molar-refractivity contribution in [3.05, 3.63) is 36.8 Å². The molecule has 10 nitrogen and oxygen atoms in total. The first-order chi connectivity index (χ1) is 15.4. The van der Waals surface area contributed by atoms with Crippen LogP contribution in [0, 0.1) is 0 Å². The molecule has 0 radical (unpaired) electrons. The molecule has 4 aromatic heterocycles. The fourth-order valence-electron chi connectivity index (χ4n) is 4.27. The van der Waals surface area contributed by atoms with Crippen LogP contribution >= 0.6 is 0 Å². The highest BCUT2D eigenvalue weighted by atomic mass is 16.3. The topological polar surface area (TPSA) is 117 Å². The number of nitrogens with zero attached hydrogens (tertiary/aromatic N) is 7. The van der Waals surface area contributed by atoms with E-state index in [-0.39, 0.29) is 18.2 Å². The van der Waals surface area contributed by atoms with Crippen LogP contribution in [0.3, 0.4) is 0 Å². The highest BCUT2D eigenvalue weighted by molar-refractivity contribution is 6.06. The summed E-state index contributed by atoms with van der Waals surface area (Å²) < 4.78 is 1.99. The van der Waals surface area contributed by atoms with E-state index < -0.39 is 0 Å². The van der Waals surface area contributed by atoms with Gasteiger partial charge < -0.3 is 25.2 Å². The number of anilines is 3. The Morgan fingerprint density at radius 1 is 1.19 bits per heavy atom. The molecule has 1 saturated heterocycles. The quantitative estimate of drug-likeness (QED) is 0.436. The van der Waals surface area contributed by atoms with Crippen LogP contribution in [0.4, 0.5) is 17.6 Å². The Balaban J connectivity index is 1.44. The highest BCUT2D eigenvalue weighted by Crippen LogP contribution is 2.30. The van der Waals surface area contributed by atoms with E-state index in [2.05, 4.69) is 49.5 Å². The number of fused-ring (bicyclic) bond motifs is 3. The Hall–Kier alpha value is -3.37. The first-order valence-electron chi connectivity index (χ1n) is 10.8. The Labute approximate surface area is 185 Å². The van der Waals surface area contributed by atoms with Crippen molar-refractivity contribution < 1.29 is 5.11 Å². The summed E-state index contributed by atoms with van der Waals surface area (Å²) >= 11 is 0. The van der Waals surface area contributed by atoms with Gasteiger partial charge in [-0.25, -0.2) is 4.98 Å². The second-order valence-electron chi connectivity index (χ2n) is 8.86. The van der Waals surface area contributed by atoms with Crippen molar-refractivity contribution in [1.29, 1.82) is 0 Å². The van der Waals surface area contributed by atoms with Crippen LogP contribution in [0.2, 0.25) is 0 Å².